The minimum atomic E-state index is 0.346. The maximum absolute atomic E-state index is 9.29. The zero-order valence-electron chi connectivity index (χ0n) is 11.1. The van der Waals surface area contributed by atoms with Crippen LogP contribution in [0.5, 0.6) is 5.75 Å². The molecule has 2 saturated carbocycles. The first-order valence-corrected chi connectivity index (χ1v) is 7.24. The number of hydrogen-bond acceptors (Lipinski definition) is 2. The van der Waals surface area contributed by atoms with Crippen LogP contribution >= 0.6 is 0 Å². The molecule has 2 heteroatoms. The average molecular weight is 245 g/mol. The van der Waals surface area contributed by atoms with E-state index >= 15 is 0 Å². The molecule has 0 saturated heterocycles. The van der Waals surface area contributed by atoms with Gasteiger partial charge in [0.2, 0.25) is 0 Å². The Kier molecular flexibility index (Phi) is 3.29. The van der Waals surface area contributed by atoms with Gasteiger partial charge in [-0.2, -0.15) is 0 Å². The van der Waals surface area contributed by atoms with Crippen molar-refractivity contribution in [2.45, 2.75) is 38.6 Å². The average Bonchev–Trinajstić information content (AvgIpc) is 2.99. The Bertz CT molecular complexity index is 400. The van der Waals surface area contributed by atoms with Crippen LogP contribution < -0.4 is 5.32 Å². The summed E-state index contributed by atoms with van der Waals surface area (Å²) in [6.45, 7) is 3.36. The lowest BCUT2D eigenvalue weighted by molar-refractivity contribution is 0.309. The molecule has 0 heterocycles. The Morgan fingerprint density at radius 1 is 1.22 bits per heavy atom. The molecule has 0 spiro atoms. The number of benzene rings is 1. The number of phenols is 1. The fraction of sp³-hybridized carbons (Fsp3) is 0.625. The van der Waals surface area contributed by atoms with Crippen molar-refractivity contribution in [1.29, 1.82) is 0 Å². The third-order valence-electron chi connectivity index (χ3n) is 4.96. The largest absolute Gasteiger partial charge is 0.508 e. The lowest BCUT2D eigenvalue weighted by atomic mass is 9.88. The molecular weight excluding hydrogens is 222 g/mol. The number of aromatic hydroxyl groups is 1. The van der Waals surface area contributed by atoms with Gasteiger partial charge < -0.3 is 10.4 Å². The minimum absolute atomic E-state index is 0.346. The van der Waals surface area contributed by atoms with Crippen LogP contribution in [0.2, 0.25) is 0 Å². The topological polar surface area (TPSA) is 32.3 Å². The number of rotatable bonds is 4. The molecule has 0 aromatic heterocycles. The number of nitrogens with one attached hydrogen (secondary N) is 1. The third kappa shape index (κ3) is 2.39. The lowest BCUT2D eigenvalue weighted by Gasteiger charge is -2.24. The highest BCUT2D eigenvalue weighted by Gasteiger charge is 2.39. The van der Waals surface area contributed by atoms with E-state index in [9.17, 15) is 5.11 Å². The SMILES string of the molecule is CC(NCC1CC2CCC1C2)c1ccc(O)cc1. The molecule has 2 fully saturated rings. The smallest absolute Gasteiger partial charge is 0.115 e. The Labute approximate surface area is 109 Å². The van der Waals surface area contributed by atoms with Gasteiger partial charge in [-0.15, -0.1) is 0 Å². The van der Waals surface area contributed by atoms with Gasteiger partial charge in [0.15, 0.2) is 0 Å². The van der Waals surface area contributed by atoms with E-state index in [-0.39, 0.29) is 0 Å². The molecule has 2 nitrogen and oxygen atoms in total. The Hall–Kier alpha value is -1.02. The van der Waals surface area contributed by atoms with Crippen molar-refractivity contribution < 1.29 is 5.11 Å². The van der Waals surface area contributed by atoms with E-state index in [2.05, 4.69) is 12.2 Å². The predicted octanol–water partition coefficient (Wildman–Crippen LogP) is 3.48. The molecule has 4 unspecified atom stereocenters. The highest BCUT2D eigenvalue weighted by molar-refractivity contribution is 5.27. The van der Waals surface area contributed by atoms with Gasteiger partial charge in [-0.05, 0) is 68.2 Å². The Balaban J connectivity index is 1.52. The molecule has 18 heavy (non-hydrogen) atoms. The van der Waals surface area contributed by atoms with Gasteiger partial charge in [-0.3, -0.25) is 0 Å². The van der Waals surface area contributed by atoms with Crippen LogP contribution in [0.4, 0.5) is 0 Å². The quantitative estimate of drug-likeness (QED) is 0.851. The molecule has 98 valence electrons. The number of phenolic OH excluding ortho intramolecular Hbond substituents is 1. The summed E-state index contributed by atoms with van der Waals surface area (Å²) in [7, 11) is 0. The van der Waals surface area contributed by atoms with Gasteiger partial charge in [-0.1, -0.05) is 18.6 Å². The second-order valence-corrected chi connectivity index (χ2v) is 6.16. The zero-order valence-corrected chi connectivity index (χ0v) is 11.1. The predicted molar refractivity (Wildman–Crippen MR) is 73.5 cm³/mol. The molecule has 0 radical (unpaired) electrons. The molecule has 2 aliphatic carbocycles. The highest BCUT2D eigenvalue weighted by Crippen LogP contribution is 2.48. The molecule has 2 bridgehead atoms. The van der Waals surface area contributed by atoms with Crippen LogP contribution in [0.1, 0.15) is 44.2 Å². The standard InChI is InChI=1S/C16H23NO/c1-11(13-4-6-16(18)7-5-13)17-10-15-9-12-2-3-14(15)8-12/h4-7,11-12,14-15,17-18H,2-3,8-10H2,1H3. The first-order chi connectivity index (χ1) is 8.72. The second-order valence-electron chi connectivity index (χ2n) is 6.16. The van der Waals surface area contributed by atoms with Crippen LogP contribution in [0, 0.1) is 17.8 Å². The molecule has 3 rings (SSSR count). The lowest BCUT2D eigenvalue weighted by Crippen LogP contribution is -2.28. The fourth-order valence-corrected chi connectivity index (χ4v) is 3.84. The maximum Gasteiger partial charge on any atom is 0.115 e. The molecule has 1 aromatic rings. The molecule has 2 aliphatic rings. The van der Waals surface area contributed by atoms with E-state index in [0.29, 0.717) is 11.8 Å². The number of fused-ring (bicyclic) bond motifs is 2. The van der Waals surface area contributed by atoms with Gasteiger partial charge in [0.1, 0.15) is 5.75 Å². The van der Waals surface area contributed by atoms with Crippen molar-refractivity contribution in [3.63, 3.8) is 0 Å². The minimum Gasteiger partial charge on any atom is -0.508 e. The van der Waals surface area contributed by atoms with Crippen LogP contribution in [-0.2, 0) is 0 Å². The first kappa shape index (κ1) is 12.0. The van der Waals surface area contributed by atoms with E-state index in [1.165, 1.54) is 31.2 Å². The van der Waals surface area contributed by atoms with Crippen molar-refractivity contribution in [2.24, 2.45) is 17.8 Å². The van der Waals surface area contributed by atoms with E-state index in [4.69, 9.17) is 0 Å². The van der Waals surface area contributed by atoms with E-state index in [0.717, 1.165) is 24.3 Å². The summed E-state index contributed by atoms with van der Waals surface area (Å²) in [4.78, 5) is 0. The van der Waals surface area contributed by atoms with Crippen LogP contribution in [0.3, 0.4) is 0 Å². The molecule has 0 aliphatic heterocycles. The van der Waals surface area contributed by atoms with E-state index < -0.39 is 0 Å². The Morgan fingerprint density at radius 3 is 2.61 bits per heavy atom. The molecule has 4 atom stereocenters. The van der Waals surface area contributed by atoms with Crippen LogP contribution in [0.25, 0.3) is 0 Å². The highest BCUT2D eigenvalue weighted by atomic mass is 16.3. The third-order valence-corrected chi connectivity index (χ3v) is 4.96. The number of hydrogen-bond donors (Lipinski definition) is 2. The first-order valence-electron chi connectivity index (χ1n) is 7.24. The van der Waals surface area contributed by atoms with Crippen molar-refractivity contribution in [3.8, 4) is 5.75 Å². The Morgan fingerprint density at radius 2 is 2.00 bits per heavy atom. The monoisotopic (exact) mass is 245 g/mol. The van der Waals surface area contributed by atoms with Gasteiger partial charge in [0.05, 0.1) is 0 Å². The zero-order chi connectivity index (χ0) is 12.5. The maximum atomic E-state index is 9.29. The summed E-state index contributed by atoms with van der Waals surface area (Å²) in [5, 5.41) is 13.0. The van der Waals surface area contributed by atoms with Crippen molar-refractivity contribution >= 4 is 0 Å². The van der Waals surface area contributed by atoms with Crippen molar-refractivity contribution in [1.82, 2.24) is 5.32 Å². The summed E-state index contributed by atoms with van der Waals surface area (Å²) in [5.41, 5.74) is 1.26. The van der Waals surface area contributed by atoms with E-state index in [1.54, 1.807) is 12.1 Å². The molecule has 2 N–H and O–H groups in total. The summed E-state index contributed by atoms with van der Waals surface area (Å²) in [6, 6.07) is 7.93. The van der Waals surface area contributed by atoms with Crippen molar-refractivity contribution in [3.05, 3.63) is 29.8 Å². The summed E-state index contributed by atoms with van der Waals surface area (Å²) in [6.07, 6.45) is 5.87. The molecular formula is C16H23NO. The normalized spacial score (nSPS) is 31.7. The molecule has 1 aromatic carbocycles. The fourth-order valence-electron chi connectivity index (χ4n) is 3.84. The van der Waals surface area contributed by atoms with Gasteiger partial charge in [0.25, 0.3) is 0 Å². The van der Waals surface area contributed by atoms with Crippen LogP contribution in [0.15, 0.2) is 24.3 Å². The van der Waals surface area contributed by atoms with E-state index in [1.807, 2.05) is 12.1 Å². The summed E-state index contributed by atoms with van der Waals surface area (Å²) in [5.74, 6) is 3.28. The molecule has 0 amide bonds. The van der Waals surface area contributed by atoms with Crippen molar-refractivity contribution in [2.75, 3.05) is 6.54 Å². The summed E-state index contributed by atoms with van der Waals surface area (Å²) >= 11 is 0. The van der Waals surface area contributed by atoms with Crippen LogP contribution in [-0.4, -0.2) is 11.7 Å². The van der Waals surface area contributed by atoms with Gasteiger partial charge >= 0.3 is 0 Å². The van der Waals surface area contributed by atoms with Gasteiger partial charge in [0, 0.05) is 6.04 Å². The summed E-state index contributed by atoms with van der Waals surface area (Å²) < 4.78 is 0. The van der Waals surface area contributed by atoms with Gasteiger partial charge in [-0.25, -0.2) is 0 Å². The second kappa shape index (κ2) is 4.93.